The van der Waals surface area contributed by atoms with Crippen LogP contribution in [0, 0.1) is 6.92 Å². The lowest BCUT2D eigenvalue weighted by Crippen LogP contribution is -2.32. The van der Waals surface area contributed by atoms with E-state index in [1.165, 1.54) is 28.8 Å². The average Bonchev–Trinajstić information content (AvgIpc) is 3.42. The van der Waals surface area contributed by atoms with Crippen LogP contribution >= 0.6 is 11.6 Å². The zero-order valence-electron chi connectivity index (χ0n) is 17.2. The van der Waals surface area contributed by atoms with E-state index in [1.807, 2.05) is 0 Å². The van der Waals surface area contributed by atoms with E-state index in [0.29, 0.717) is 34.7 Å². The molecule has 1 unspecified atom stereocenters. The van der Waals surface area contributed by atoms with E-state index in [9.17, 15) is 22.8 Å². The Balaban J connectivity index is 1.78. The van der Waals surface area contributed by atoms with Gasteiger partial charge in [-0.3, -0.25) is 19.2 Å². The van der Waals surface area contributed by atoms with Gasteiger partial charge in [0.1, 0.15) is 5.69 Å². The Morgan fingerprint density at radius 1 is 1.12 bits per heavy atom. The molecular weight excluding hydrogens is 445 g/mol. The summed E-state index contributed by atoms with van der Waals surface area (Å²) in [5, 5.41) is 4.57. The van der Waals surface area contributed by atoms with E-state index in [1.54, 1.807) is 31.2 Å². The molecule has 1 atom stereocenters. The van der Waals surface area contributed by atoms with Crippen LogP contribution in [0.1, 0.15) is 57.8 Å². The van der Waals surface area contributed by atoms with Gasteiger partial charge in [-0.1, -0.05) is 23.7 Å². The van der Waals surface area contributed by atoms with Crippen LogP contribution < -0.4 is 10.5 Å². The second kappa shape index (κ2) is 6.96. The van der Waals surface area contributed by atoms with Crippen LogP contribution in [0.5, 0.6) is 0 Å². The van der Waals surface area contributed by atoms with Crippen molar-refractivity contribution in [2.75, 3.05) is 4.90 Å². The second-order valence-electron chi connectivity index (χ2n) is 8.21. The number of carbonyl (C=O) groups excluding carboxylic acids is 1. The van der Waals surface area contributed by atoms with Crippen molar-refractivity contribution in [1.82, 2.24) is 14.3 Å². The van der Waals surface area contributed by atoms with Crippen LogP contribution in [0.4, 0.5) is 18.9 Å². The van der Waals surface area contributed by atoms with Gasteiger partial charge in [-0.25, -0.2) is 0 Å². The van der Waals surface area contributed by atoms with Crippen LogP contribution in [0.15, 0.2) is 41.3 Å². The highest BCUT2D eigenvalue weighted by molar-refractivity contribution is 6.30. The summed E-state index contributed by atoms with van der Waals surface area (Å²) in [4.78, 5) is 26.9. The van der Waals surface area contributed by atoms with Gasteiger partial charge in [0.05, 0.1) is 17.8 Å². The van der Waals surface area contributed by atoms with Crippen molar-refractivity contribution >= 4 is 23.2 Å². The molecule has 32 heavy (non-hydrogen) atoms. The lowest BCUT2D eigenvalue weighted by atomic mass is 9.98. The SMILES string of the molecule is Cc1cc(N2C(=O)c3nn(C4CC4)c(C(F)(F)F)c3C2c2ccc(Cl)cc2)cn(C)c1=O. The number of carbonyl (C=O) groups is 1. The highest BCUT2D eigenvalue weighted by Crippen LogP contribution is 2.50. The molecule has 1 aliphatic heterocycles. The summed E-state index contributed by atoms with van der Waals surface area (Å²) in [5.41, 5.74) is -0.369. The molecule has 1 aliphatic carbocycles. The van der Waals surface area contributed by atoms with Crippen molar-refractivity contribution in [2.45, 2.75) is 38.0 Å². The van der Waals surface area contributed by atoms with Gasteiger partial charge in [0.25, 0.3) is 11.5 Å². The van der Waals surface area contributed by atoms with Gasteiger partial charge in [0, 0.05) is 29.4 Å². The number of hydrogen-bond acceptors (Lipinski definition) is 3. The molecule has 0 saturated heterocycles. The lowest BCUT2D eigenvalue weighted by Gasteiger charge is -2.28. The predicted octanol–water partition coefficient (Wildman–Crippen LogP) is 4.65. The third-order valence-corrected chi connectivity index (χ3v) is 6.13. The molecule has 0 spiro atoms. The van der Waals surface area contributed by atoms with Gasteiger partial charge in [-0.05, 0) is 43.5 Å². The van der Waals surface area contributed by atoms with E-state index >= 15 is 0 Å². The molecule has 0 N–H and O–H groups in total. The molecular formula is C22H18ClF3N4O2. The largest absolute Gasteiger partial charge is 0.433 e. The molecule has 1 fully saturated rings. The van der Waals surface area contributed by atoms with Crippen molar-refractivity contribution in [3.05, 3.63) is 80.0 Å². The van der Waals surface area contributed by atoms with E-state index in [0.717, 1.165) is 4.68 Å². The molecule has 0 bridgehead atoms. The van der Waals surface area contributed by atoms with Crippen LogP contribution in [0.2, 0.25) is 5.02 Å². The number of benzene rings is 1. The van der Waals surface area contributed by atoms with Crippen molar-refractivity contribution in [2.24, 2.45) is 7.05 Å². The standard InChI is InChI=1S/C22H18ClF3N4O2/c1-11-9-15(10-28(2)20(11)31)29-18(12-3-5-13(23)6-4-12)16-17(21(29)32)27-30(14-7-8-14)19(16)22(24,25)26/h3-6,9-10,14,18H,7-8H2,1-2H3. The molecule has 3 aromatic rings. The number of aryl methyl sites for hydroxylation is 2. The Kier molecular flexibility index (Phi) is 4.53. The number of alkyl halides is 3. The number of amides is 1. The van der Waals surface area contributed by atoms with E-state index in [-0.39, 0.29) is 22.9 Å². The fraction of sp³-hybridized carbons (Fsp3) is 0.318. The summed E-state index contributed by atoms with van der Waals surface area (Å²) in [7, 11) is 1.53. The number of aromatic nitrogens is 3. The molecule has 1 saturated carbocycles. The lowest BCUT2D eigenvalue weighted by molar-refractivity contribution is -0.145. The minimum absolute atomic E-state index is 0.164. The first-order chi connectivity index (χ1) is 15.1. The molecule has 1 amide bonds. The number of fused-ring (bicyclic) bond motifs is 1. The van der Waals surface area contributed by atoms with Crippen LogP contribution in [0.25, 0.3) is 0 Å². The summed E-state index contributed by atoms with van der Waals surface area (Å²) >= 11 is 6.00. The van der Waals surface area contributed by atoms with Gasteiger partial charge >= 0.3 is 6.18 Å². The Morgan fingerprint density at radius 3 is 2.34 bits per heavy atom. The monoisotopic (exact) mass is 462 g/mol. The Labute approximate surface area is 185 Å². The average molecular weight is 463 g/mol. The van der Waals surface area contributed by atoms with Crippen molar-refractivity contribution in [3.63, 3.8) is 0 Å². The molecule has 2 aromatic heterocycles. The number of nitrogens with zero attached hydrogens (tertiary/aromatic N) is 4. The van der Waals surface area contributed by atoms with Crippen molar-refractivity contribution < 1.29 is 18.0 Å². The quantitative estimate of drug-likeness (QED) is 0.569. The fourth-order valence-corrected chi connectivity index (χ4v) is 4.43. The Hall–Kier alpha value is -3.07. The normalized spacial score (nSPS) is 18.4. The molecule has 2 aliphatic rings. The summed E-state index contributed by atoms with van der Waals surface area (Å²) in [6, 6.07) is 6.44. The zero-order valence-corrected chi connectivity index (χ0v) is 17.9. The summed E-state index contributed by atoms with van der Waals surface area (Å²) < 4.78 is 45.1. The van der Waals surface area contributed by atoms with Crippen LogP contribution in [-0.4, -0.2) is 20.3 Å². The maximum Gasteiger partial charge on any atom is 0.433 e. The number of pyridine rings is 1. The third kappa shape index (κ3) is 3.14. The first kappa shape index (κ1) is 20.8. The molecule has 1 aromatic carbocycles. The van der Waals surface area contributed by atoms with Crippen molar-refractivity contribution in [3.8, 4) is 0 Å². The highest BCUT2D eigenvalue weighted by atomic mass is 35.5. The number of halogens is 4. The maximum absolute atomic E-state index is 14.3. The Bertz CT molecular complexity index is 1280. The summed E-state index contributed by atoms with van der Waals surface area (Å²) in [6.07, 6.45) is -2.06. The van der Waals surface area contributed by atoms with Gasteiger partial charge in [0.15, 0.2) is 5.69 Å². The van der Waals surface area contributed by atoms with E-state index in [2.05, 4.69) is 5.10 Å². The van der Waals surface area contributed by atoms with Gasteiger partial charge < -0.3 is 4.57 Å². The number of hydrogen-bond donors (Lipinski definition) is 0. The first-order valence-electron chi connectivity index (χ1n) is 10.0. The molecule has 6 nitrogen and oxygen atoms in total. The molecule has 3 heterocycles. The summed E-state index contributed by atoms with van der Waals surface area (Å²) in [5.74, 6) is -0.636. The topological polar surface area (TPSA) is 60.1 Å². The predicted molar refractivity (Wildman–Crippen MR) is 112 cm³/mol. The molecule has 166 valence electrons. The first-order valence-corrected chi connectivity index (χ1v) is 10.4. The number of rotatable bonds is 3. The minimum Gasteiger partial charge on any atom is -0.316 e. The smallest absolute Gasteiger partial charge is 0.316 e. The molecule has 0 radical (unpaired) electrons. The minimum atomic E-state index is -4.69. The maximum atomic E-state index is 14.3. The van der Waals surface area contributed by atoms with Gasteiger partial charge in [-0.15, -0.1) is 0 Å². The highest BCUT2D eigenvalue weighted by Gasteiger charge is 2.52. The van der Waals surface area contributed by atoms with Crippen LogP contribution in [-0.2, 0) is 13.2 Å². The Morgan fingerprint density at radius 2 is 1.78 bits per heavy atom. The van der Waals surface area contributed by atoms with Gasteiger partial charge in [-0.2, -0.15) is 18.3 Å². The van der Waals surface area contributed by atoms with Crippen LogP contribution in [0.3, 0.4) is 0 Å². The third-order valence-electron chi connectivity index (χ3n) is 5.87. The van der Waals surface area contributed by atoms with E-state index < -0.39 is 23.8 Å². The zero-order chi connectivity index (χ0) is 22.9. The summed E-state index contributed by atoms with van der Waals surface area (Å²) in [6.45, 7) is 1.59. The molecule has 5 rings (SSSR count). The fourth-order valence-electron chi connectivity index (χ4n) is 4.31. The molecule has 10 heteroatoms. The van der Waals surface area contributed by atoms with Gasteiger partial charge in [0.2, 0.25) is 0 Å². The van der Waals surface area contributed by atoms with E-state index in [4.69, 9.17) is 11.6 Å². The number of anilines is 1. The van der Waals surface area contributed by atoms with Crippen molar-refractivity contribution in [1.29, 1.82) is 0 Å². The second-order valence-corrected chi connectivity index (χ2v) is 8.65.